The van der Waals surface area contributed by atoms with Gasteiger partial charge in [0.15, 0.2) is 11.5 Å². The lowest BCUT2D eigenvalue weighted by Crippen LogP contribution is -2.20. The monoisotopic (exact) mass is 341 g/mol. The summed E-state index contributed by atoms with van der Waals surface area (Å²) < 4.78 is 10.2. The van der Waals surface area contributed by atoms with E-state index in [0.717, 1.165) is 31.5 Å². The van der Waals surface area contributed by atoms with Crippen molar-refractivity contribution in [2.45, 2.75) is 26.7 Å². The molecule has 0 aromatic heterocycles. The minimum atomic E-state index is -0.455. The SMILES string of the molecule is CC(=O)Oc1ccc(CCNCCc2ccccc2)cc1OC(C)=O. The number of carbonyl (C=O) groups is 2. The number of nitrogens with one attached hydrogen (secondary N) is 1. The fourth-order valence-corrected chi connectivity index (χ4v) is 2.42. The maximum atomic E-state index is 11.2. The second-order valence-corrected chi connectivity index (χ2v) is 5.70. The first kappa shape index (κ1) is 18.7. The Morgan fingerprint density at radius 3 is 2.04 bits per heavy atom. The molecule has 1 N–H and O–H groups in total. The Balaban J connectivity index is 1.86. The van der Waals surface area contributed by atoms with Crippen LogP contribution in [-0.4, -0.2) is 25.0 Å². The van der Waals surface area contributed by atoms with Crippen molar-refractivity contribution in [3.8, 4) is 11.5 Å². The van der Waals surface area contributed by atoms with Crippen LogP contribution in [0.3, 0.4) is 0 Å². The number of esters is 2. The fourth-order valence-electron chi connectivity index (χ4n) is 2.42. The minimum Gasteiger partial charge on any atom is -0.423 e. The molecule has 0 heterocycles. The third-order valence-corrected chi connectivity index (χ3v) is 3.54. The second kappa shape index (κ2) is 9.59. The van der Waals surface area contributed by atoms with E-state index in [1.54, 1.807) is 12.1 Å². The van der Waals surface area contributed by atoms with Crippen molar-refractivity contribution in [1.29, 1.82) is 0 Å². The molecule has 0 atom stereocenters. The van der Waals surface area contributed by atoms with Crippen LogP contribution in [0.5, 0.6) is 11.5 Å². The largest absolute Gasteiger partial charge is 0.423 e. The molecule has 0 aliphatic rings. The molecule has 0 aliphatic carbocycles. The van der Waals surface area contributed by atoms with E-state index in [4.69, 9.17) is 9.47 Å². The normalized spacial score (nSPS) is 10.3. The summed E-state index contributed by atoms with van der Waals surface area (Å²) in [6, 6.07) is 15.6. The van der Waals surface area contributed by atoms with Crippen molar-refractivity contribution in [2.75, 3.05) is 13.1 Å². The third kappa shape index (κ3) is 6.77. The Kier molecular flexibility index (Phi) is 7.16. The van der Waals surface area contributed by atoms with Gasteiger partial charge in [0.1, 0.15) is 0 Å². The Morgan fingerprint density at radius 1 is 0.800 bits per heavy atom. The van der Waals surface area contributed by atoms with Gasteiger partial charge in [0.25, 0.3) is 0 Å². The van der Waals surface area contributed by atoms with E-state index in [-0.39, 0.29) is 11.5 Å². The van der Waals surface area contributed by atoms with Crippen LogP contribution in [-0.2, 0) is 22.4 Å². The van der Waals surface area contributed by atoms with E-state index in [1.165, 1.54) is 19.4 Å². The van der Waals surface area contributed by atoms with Crippen LogP contribution in [0, 0.1) is 0 Å². The van der Waals surface area contributed by atoms with Crippen LogP contribution in [0.15, 0.2) is 48.5 Å². The van der Waals surface area contributed by atoms with Crippen molar-refractivity contribution >= 4 is 11.9 Å². The van der Waals surface area contributed by atoms with Gasteiger partial charge in [0, 0.05) is 13.8 Å². The topological polar surface area (TPSA) is 64.6 Å². The number of rotatable bonds is 8. The lowest BCUT2D eigenvalue weighted by atomic mass is 10.1. The molecule has 2 rings (SSSR count). The first-order valence-electron chi connectivity index (χ1n) is 8.29. The number of benzene rings is 2. The van der Waals surface area contributed by atoms with E-state index in [9.17, 15) is 9.59 Å². The molecule has 0 radical (unpaired) electrons. The maximum Gasteiger partial charge on any atom is 0.308 e. The average Bonchev–Trinajstić information content (AvgIpc) is 2.57. The lowest BCUT2D eigenvalue weighted by molar-refractivity contribution is -0.134. The number of carbonyl (C=O) groups excluding carboxylic acids is 2. The zero-order valence-electron chi connectivity index (χ0n) is 14.6. The molecule has 5 nitrogen and oxygen atoms in total. The summed E-state index contributed by atoms with van der Waals surface area (Å²) in [6.45, 7) is 4.32. The standard InChI is InChI=1S/C20H23NO4/c1-15(22)24-19-9-8-18(14-20(19)25-16(2)23)11-13-21-12-10-17-6-4-3-5-7-17/h3-9,14,21H,10-13H2,1-2H3. The molecule has 2 aromatic rings. The van der Waals surface area contributed by atoms with E-state index < -0.39 is 11.9 Å². The zero-order valence-corrected chi connectivity index (χ0v) is 14.6. The summed E-state index contributed by atoms with van der Waals surface area (Å²) in [6.07, 6.45) is 1.76. The summed E-state index contributed by atoms with van der Waals surface area (Å²) in [5.41, 5.74) is 2.30. The molecule has 0 spiro atoms. The predicted molar refractivity (Wildman–Crippen MR) is 95.8 cm³/mol. The van der Waals surface area contributed by atoms with Gasteiger partial charge < -0.3 is 14.8 Å². The lowest BCUT2D eigenvalue weighted by Gasteiger charge is -2.11. The minimum absolute atomic E-state index is 0.253. The van der Waals surface area contributed by atoms with Crippen LogP contribution in [0.2, 0.25) is 0 Å². The molecule has 132 valence electrons. The molecular weight excluding hydrogens is 318 g/mol. The van der Waals surface area contributed by atoms with Crippen LogP contribution < -0.4 is 14.8 Å². The highest BCUT2D eigenvalue weighted by Gasteiger charge is 2.11. The molecule has 2 aromatic carbocycles. The first-order valence-corrected chi connectivity index (χ1v) is 8.29. The maximum absolute atomic E-state index is 11.2. The molecule has 0 saturated heterocycles. The number of hydrogen-bond acceptors (Lipinski definition) is 5. The average molecular weight is 341 g/mol. The van der Waals surface area contributed by atoms with Crippen molar-refractivity contribution < 1.29 is 19.1 Å². The molecule has 0 amide bonds. The van der Waals surface area contributed by atoms with Crippen LogP contribution >= 0.6 is 0 Å². The summed E-state index contributed by atoms with van der Waals surface area (Å²) in [5.74, 6) is -0.386. The van der Waals surface area contributed by atoms with E-state index in [0.29, 0.717) is 0 Å². The molecule has 5 heteroatoms. The van der Waals surface area contributed by atoms with Gasteiger partial charge in [0.2, 0.25) is 0 Å². The van der Waals surface area contributed by atoms with Crippen molar-refractivity contribution in [1.82, 2.24) is 5.32 Å². The molecular formula is C20H23NO4. The summed E-state index contributed by atoms with van der Waals surface area (Å²) >= 11 is 0. The van der Waals surface area contributed by atoms with Gasteiger partial charge in [-0.1, -0.05) is 36.4 Å². The number of ether oxygens (including phenoxy) is 2. The van der Waals surface area contributed by atoms with Gasteiger partial charge in [0.05, 0.1) is 0 Å². The Labute approximate surface area is 148 Å². The molecule has 0 saturated carbocycles. The Hall–Kier alpha value is -2.66. The molecule has 25 heavy (non-hydrogen) atoms. The molecule has 0 bridgehead atoms. The summed E-state index contributed by atoms with van der Waals surface area (Å²) in [7, 11) is 0. The molecule has 0 fully saturated rings. The highest BCUT2D eigenvalue weighted by atomic mass is 16.6. The van der Waals surface area contributed by atoms with E-state index in [2.05, 4.69) is 17.4 Å². The van der Waals surface area contributed by atoms with Crippen LogP contribution in [0.1, 0.15) is 25.0 Å². The predicted octanol–water partition coefficient (Wildman–Crippen LogP) is 2.91. The number of hydrogen-bond donors (Lipinski definition) is 1. The van der Waals surface area contributed by atoms with Crippen LogP contribution in [0.4, 0.5) is 0 Å². The Morgan fingerprint density at radius 2 is 1.40 bits per heavy atom. The van der Waals surface area contributed by atoms with E-state index >= 15 is 0 Å². The third-order valence-electron chi connectivity index (χ3n) is 3.54. The highest BCUT2D eigenvalue weighted by Crippen LogP contribution is 2.29. The van der Waals surface area contributed by atoms with Crippen LogP contribution in [0.25, 0.3) is 0 Å². The summed E-state index contributed by atoms with van der Waals surface area (Å²) in [4.78, 5) is 22.3. The van der Waals surface area contributed by atoms with Crippen molar-refractivity contribution in [3.05, 3.63) is 59.7 Å². The van der Waals surface area contributed by atoms with Crippen molar-refractivity contribution in [2.24, 2.45) is 0 Å². The second-order valence-electron chi connectivity index (χ2n) is 5.70. The smallest absolute Gasteiger partial charge is 0.308 e. The molecule has 0 aliphatic heterocycles. The van der Waals surface area contributed by atoms with Gasteiger partial charge >= 0.3 is 11.9 Å². The van der Waals surface area contributed by atoms with Gasteiger partial charge in [-0.3, -0.25) is 9.59 Å². The van der Waals surface area contributed by atoms with Gasteiger partial charge in [-0.2, -0.15) is 0 Å². The van der Waals surface area contributed by atoms with Gasteiger partial charge in [-0.25, -0.2) is 0 Å². The first-order chi connectivity index (χ1) is 12.0. The molecule has 0 unspecified atom stereocenters. The zero-order chi connectivity index (χ0) is 18.1. The van der Waals surface area contributed by atoms with E-state index in [1.807, 2.05) is 24.3 Å². The van der Waals surface area contributed by atoms with Gasteiger partial charge in [-0.15, -0.1) is 0 Å². The quantitative estimate of drug-likeness (QED) is 0.454. The highest BCUT2D eigenvalue weighted by molar-refractivity contribution is 5.73. The van der Waals surface area contributed by atoms with Crippen molar-refractivity contribution in [3.63, 3.8) is 0 Å². The summed E-state index contributed by atoms with van der Waals surface area (Å²) in [5, 5.41) is 3.40. The fraction of sp³-hybridized carbons (Fsp3) is 0.300. The van der Waals surface area contributed by atoms with Gasteiger partial charge in [-0.05, 0) is 49.2 Å². The Bertz CT molecular complexity index is 713.